The highest BCUT2D eigenvalue weighted by molar-refractivity contribution is 6.03. The van der Waals surface area contributed by atoms with E-state index >= 15 is 0 Å². The molecule has 0 aliphatic carbocycles. The van der Waals surface area contributed by atoms with Crippen LogP contribution in [0.1, 0.15) is 46.5 Å². The first-order valence-corrected chi connectivity index (χ1v) is 10.7. The molecule has 6 atom stereocenters. The van der Waals surface area contributed by atoms with E-state index in [1.54, 1.807) is 40.0 Å². The number of ketones is 1. The van der Waals surface area contributed by atoms with Crippen LogP contribution in [-0.4, -0.2) is 64.0 Å². The van der Waals surface area contributed by atoms with Crippen LogP contribution in [-0.2, 0) is 4.74 Å². The number of aromatic hydroxyl groups is 1. The molecule has 1 saturated heterocycles. The van der Waals surface area contributed by atoms with Crippen molar-refractivity contribution < 1.29 is 44.2 Å². The normalized spacial score (nSPS) is 29.2. The number of benzene rings is 2. The van der Waals surface area contributed by atoms with Gasteiger partial charge in [0, 0.05) is 11.1 Å². The van der Waals surface area contributed by atoms with Gasteiger partial charge in [-0.1, -0.05) is 12.1 Å². The molecule has 0 saturated carbocycles. The number of methoxy groups -OCH3 is 1. The fourth-order valence-corrected chi connectivity index (χ4v) is 4.24. The van der Waals surface area contributed by atoms with Crippen LogP contribution in [0, 0.1) is 13.8 Å². The van der Waals surface area contributed by atoms with Crippen molar-refractivity contribution in [2.45, 2.75) is 64.0 Å². The van der Waals surface area contributed by atoms with Gasteiger partial charge in [0.2, 0.25) is 6.29 Å². The van der Waals surface area contributed by atoms with E-state index in [-0.39, 0.29) is 40.6 Å². The minimum Gasteiger partial charge on any atom is -0.507 e. The van der Waals surface area contributed by atoms with Crippen molar-refractivity contribution in [3.63, 3.8) is 0 Å². The quantitative estimate of drug-likeness (QED) is 0.540. The van der Waals surface area contributed by atoms with E-state index in [0.717, 1.165) is 5.56 Å². The van der Waals surface area contributed by atoms with Crippen molar-refractivity contribution in [1.82, 2.24) is 0 Å². The molecule has 2 heterocycles. The number of ether oxygens (including phenoxy) is 4. The summed E-state index contributed by atoms with van der Waals surface area (Å²) in [7, 11) is 1.56. The molecule has 1 fully saturated rings. The maximum atomic E-state index is 13.0. The third kappa shape index (κ3) is 4.02. The van der Waals surface area contributed by atoms with Crippen molar-refractivity contribution >= 4 is 5.78 Å². The number of hydrogen-bond donors (Lipinski definition) is 4. The molecule has 0 bridgehead atoms. The fourth-order valence-electron chi connectivity index (χ4n) is 4.24. The Morgan fingerprint density at radius 1 is 1.00 bits per heavy atom. The Bertz CT molecular complexity index is 1050. The number of carbonyl (C=O) groups is 1. The van der Waals surface area contributed by atoms with Crippen LogP contribution < -0.4 is 14.2 Å². The fraction of sp³-hybridized carbons (Fsp3) is 0.458. The Balaban J connectivity index is 1.69. The van der Waals surface area contributed by atoms with E-state index in [1.807, 2.05) is 12.1 Å². The Kier molecular flexibility index (Phi) is 6.24. The summed E-state index contributed by atoms with van der Waals surface area (Å²) in [5.41, 5.74) is 1.57. The lowest BCUT2D eigenvalue weighted by Gasteiger charge is -2.39. The summed E-state index contributed by atoms with van der Waals surface area (Å²) in [4.78, 5) is 13.0. The number of aliphatic hydroxyl groups is 3. The summed E-state index contributed by atoms with van der Waals surface area (Å²) >= 11 is 0. The van der Waals surface area contributed by atoms with Crippen LogP contribution in [0.5, 0.6) is 23.0 Å². The molecule has 0 unspecified atom stereocenters. The topological polar surface area (TPSA) is 135 Å². The van der Waals surface area contributed by atoms with Crippen molar-refractivity contribution in [3.8, 4) is 23.0 Å². The average Bonchev–Trinajstić information content (AvgIpc) is 2.81. The predicted octanol–water partition coefficient (Wildman–Crippen LogP) is 1.93. The molecular weight excluding hydrogens is 432 g/mol. The molecule has 0 amide bonds. The maximum Gasteiger partial charge on any atom is 0.229 e. The van der Waals surface area contributed by atoms with E-state index in [2.05, 4.69) is 0 Å². The molecular formula is C24H28O9. The highest BCUT2D eigenvalue weighted by atomic mass is 16.7. The number of fused-ring (bicyclic) bond motifs is 1. The summed E-state index contributed by atoms with van der Waals surface area (Å²) < 4.78 is 22.7. The molecule has 2 aromatic rings. The summed E-state index contributed by atoms with van der Waals surface area (Å²) in [5, 5.41) is 41.1. The van der Waals surface area contributed by atoms with Crippen molar-refractivity contribution in [2.24, 2.45) is 0 Å². The summed E-state index contributed by atoms with van der Waals surface area (Å²) in [6.07, 6.45) is -6.88. The first-order chi connectivity index (χ1) is 15.6. The van der Waals surface area contributed by atoms with Gasteiger partial charge in [0.1, 0.15) is 53.0 Å². The SMILES string of the molecule is COc1ccc([C@@H]2CC(=O)c3c(O)c(C)c(O[C@@H]4O[C@H](C)[C@H](O)[C@@H](O)[C@H]4O)c(C)c3O2)cc1. The lowest BCUT2D eigenvalue weighted by Crippen LogP contribution is -2.58. The zero-order valence-electron chi connectivity index (χ0n) is 18.8. The molecule has 4 N–H and O–H groups in total. The second-order valence-electron chi connectivity index (χ2n) is 8.44. The zero-order valence-corrected chi connectivity index (χ0v) is 18.8. The number of rotatable bonds is 4. The molecule has 4 rings (SSSR count). The van der Waals surface area contributed by atoms with Gasteiger partial charge in [-0.25, -0.2) is 0 Å². The number of carbonyl (C=O) groups excluding carboxylic acids is 1. The minimum absolute atomic E-state index is 0.0536. The van der Waals surface area contributed by atoms with E-state index in [9.17, 15) is 25.2 Å². The van der Waals surface area contributed by atoms with Gasteiger partial charge in [-0.05, 0) is 38.5 Å². The van der Waals surface area contributed by atoms with Crippen LogP contribution in [0.4, 0.5) is 0 Å². The van der Waals surface area contributed by atoms with E-state index < -0.39 is 36.8 Å². The van der Waals surface area contributed by atoms with Crippen molar-refractivity contribution in [2.75, 3.05) is 7.11 Å². The monoisotopic (exact) mass is 460 g/mol. The summed E-state index contributed by atoms with van der Waals surface area (Å²) in [6, 6.07) is 7.16. The third-order valence-corrected chi connectivity index (χ3v) is 6.28. The van der Waals surface area contributed by atoms with Gasteiger partial charge in [0.15, 0.2) is 5.78 Å². The van der Waals surface area contributed by atoms with E-state index in [0.29, 0.717) is 11.3 Å². The Hall–Kier alpha value is -2.85. The first kappa shape index (κ1) is 23.3. The van der Waals surface area contributed by atoms with Gasteiger partial charge in [-0.2, -0.15) is 0 Å². The highest BCUT2D eigenvalue weighted by Crippen LogP contribution is 2.48. The number of aliphatic hydroxyl groups excluding tert-OH is 3. The molecule has 2 aliphatic rings. The van der Waals surface area contributed by atoms with Gasteiger partial charge in [0.25, 0.3) is 0 Å². The number of phenols is 1. The average molecular weight is 460 g/mol. The molecule has 33 heavy (non-hydrogen) atoms. The Morgan fingerprint density at radius 2 is 1.67 bits per heavy atom. The maximum absolute atomic E-state index is 13.0. The van der Waals surface area contributed by atoms with Gasteiger partial charge in [0.05, 0.1) is 19.6 Å². The summed E-state index contributed by atoms with van der Waals surface area (Å²) in [5.74, 6) is 0.475. The predicted molar refractivity (Wildman–Crippen MR) is 116 cm³/mol. The molecule has 9 heteroatoms. The Morgan fingerprint density at radius 3 is 2.30 bits per heavy atom. The van der Waals surface area contributed by atoms with Crippen molar-refractivity contribution in [3.05, 3.63) is 46.5 Å². The second-order valence-corrected chi connectivity index (χ2v) is 8.44. The van der Waals surface area contributed by atoms with Crippen LogP contribution in [0.15, 0.2) is 24.3 Å². The van der Waals surface area contributed by atoms with Gasteiger partial charge < -0.3 is 39.4 Å². The molecule has 9 nitrogen and oxygen atoms in total. The van der Waals surface area contributed by atoms with Crippen molar-refractivity contribution in [1.29, 1.82) is 0 Å². The number of phenolic OH excluding ortho intramolecular Hbond substituents is 1. The number of hydrogen-bond acceptors (Lipinski definition) is 9. The lowest BCUT2D eigenvalue weighted by atomic mass is 9.91. The van der Waals surface area contributed by atoms with Gasteiger partial charge >= 0.3 is 0 Å². The van der Waals surface area contributed by atoms with Crippen LogP contribution in [0.3, 0.4) is 0 Å². The minimum atomic E-state index is -1.53. The molecule has 2 aromatic carbocycles. The summed E-state index contributed by atoms with van der Waals surface area (Å²) in [6.45, 7) is 4.79. The molecule has 2 aliphatic heterocycles. The standard InChI is InChI=1S/C24H28O9/c1-10-18(26)17-15(25)9-16(13-5-7-14(30-4)8-6-13)32-23(17)11(2)22(10)33-24-21(29)20(28)19(27)12(3)31-24/h5-8,12,16,19-21,24,26-29H,9H2,1-4H3/t12-,16+,19+,20-,21-,24+/m1/s1. The van der Waals surface area contributed by atoms with E-state index in [4.69, 9.17) is 18.9 Å². The smallest absolute Gasteiger partial charge is 0.229 e. The largest absolute Gasteiger partial charge is 0.507 e. The van der Waals surface area contributed by atoms with Crippen LogP contribution >= 0.6 is 0 Å². The molecule has 178 valence electrons. The number of Topliss-reactive ketones (excluding diaryl/α,β-unsaturated/α-hetero) is 1. The lowest BCUT2D eigenvalue weighted by molar-refractivity contribution is -0.268. The third-order valence-electron chi connectivity index (χ3n) is 6.28. The highest BCUT2D eigenvalue weighted by Gasteiger charge is 2.44. The Labute approximate surface area is 191 Å². The van der Waals surface area contributed by atoms with Crippen LogP contribution in [0.2, 0.25) is 0 Å². The zero-order chi connectivity index (χ0) is 24.0. The first-order valence-electron chi connectivity index (χ1n) is 10.7. The second kappa shape index (κ2) is 8.83. The van der Waals surface area contributed by atoms with Gasteiger partial charge in [-0.15, -0.1) is 0 Å². The molecule has 0 spiro atoms. The molecule has 0 aromatic heterocycles. The van der Waals surface area contributed by atoms with Crippen LogP contribution in [0.25, 0.3) is 0 Å². The van der Waals surface area contributed by atoms with E-state index in [1.165, 1.54) is 0 Å². The van der Waals surface area contributed by atoms with Gasteiger partial charge in [-0.3, -0.25) is 4.79 Å². The molecule has 0 radical (unpaired) electrons.